The monoisotopic (exact) mass is 186 g/mol. The molecular weight excluding hydrogens is 164 g/mol. The summed E-state index contributed by atoms with van der Waals surface area (Å²) in [5, 5.41) is 0. The standard InChI is InChI=1S/C10H22N2O/c1-3-5-6-7-8-12(4-2)10(13)9-11/h3-9,11H2,1-2H3. The highest BCUT2D eigenvalue weighted by atomic mass is 16.2. The van der Waals surface area contributed by atoms with E-state index in [0.717, 1.165) is 19.5 Å². The van der Waals surface area contributed by atoms with Crippen molar-refractivity contribution in [1.82, 2.24) is 4.90 Å². The van der Waals surface area contributed by atoms with Crippen molar-refractivity contribution in [1.29, 1.82) is 0 Å². The zero-order valence-corrected chi connectivity index (χ0v) is 8.88. The number of unbranched alkanes of at least 4 members (excludes halogenated alkanes) is 3. The molecule has 0 aliphatic rings. The van der Waals surface area contributed by atoms with Gasteiger partial charge in [-0.05, 0) is 13.3 Å². The Morgan fingerprint density at radius 3 is 2.38 bits per heavy atom. The van der Waals surface area contributed by atoms with Crippen LogP contribution in [0.25, 0.3) is 0 Å². The summed E-state index contributed by atoms with van der Waals surface area (Å²) in [7, 11) is 0. The molecule has 13 heavy (non-hydrogen) atoms. The largest absolute Gasteiger partial charge is 0.342 e. The summed E-state index contributed by atoms with van der Waals surface area (Å²) in [6.45, 7) is 5.96. The van der Waals surface area contributed by atoms with Crippen LogP contribution in [0.3, 0.4) is 0 Å². The number of carbonyl (C=O) groups is 1. The third-order valence-electron chi connectivity index (χ3n) is 2.19. The summed E-state index contributed by atoms with van der Waals surface area (Å²) in [6, 6.07) is 0. The predicted octanol–water partition coefficient (Wildman–Crippen LogP) is 1.37. The quantitative estimate of drug-likeness (QED) is 0.610. The number of likely N-dealkylation sites (N-methyl/N-ethyl adjacent to an activating group) is 1. The summed E-state index contributed by atoms with van der Waals surface area (Å²) < 4.78 is 0. The average molecular weight is 186 g/mol. The molecule has 3 heteroatoms. The molecule has 0 aromatic heterocycles. The third kappa shape index (κ3) is 5.64. The van der Waals surface area contributed by atoms with Gasteiger partial charge in [-0.15, -0.1) is 0 Å². The molecule has 0 unspecified atom stereocenters. The van der Waals surface area contributed by atoms with Crippen LogP contribution in [0.5, 0.6) is 0 Å². The van der Waals surface area contributed by atoms with Gasteiger partial charge in [0.15, 0.2) is 0 Å². The predicted molar refractivity (Wildman–Crippen MR) is 55.5 cm³/mol. The molecule has 0 saturated carbocycles. The van der Waals surface area contributed by atoms with E-state index in [9.17, 15) is 4.79 Å². The maximum Gasteiger partial charge on any atom is 0.236 e. The lowest BCUT2D eigenvalue weighted by molar-refractivity contribution is -0.129. The topological polar surface area (TPSA) is 46.3 Å². The fourth-order valence-corrected chi connectivity index (χ4v) is 1.32. The number of carbonyl (C=O) groups excluding carboxylic acids is 1. The zero-order valence-electron chi connectivity index (χ0n) is 8.88. The number of hydrogen-bond donors (Lipinski definition) is 1. The van der Waals surface area contributed by atoms with Crippen LogP contribution < -0.4 is 5.73 Å². The summed E-state index contributed by atoms with van der Waals surface area (Å²) in [5.41, 5.74) is 5.29. The van der Waals surface area contributed by atoms with Gasteiger partial charge in [0, 0.05) is 13.1 Å². The molecule has 0 atom stereocenters. The lowest BCUT2D eigenvalue weighted by atomic mass is 10.2. The van der Waals surface area contributed by atoms with Crippen molar-refractivity contribution in [3.05, 3.63) is 0 Å². The average Bonchev–Trinajstić information content (AvgIpc) is 2.17. The highest BCUT2D eigenvalue weighted by molar-refractivity contribution is 5.77. The van der Waals surface area contributed by atoms with Gasteiger partial charge in [0.2, 0.25) is 5.91 Å². The van der Waals surface area contributed by atoms with E-state index in [4.69, 9.17) is 5.73 Å². The Labute approximate surface area is 81.3 Å². The SMILES string of the molecule is CCCCCCN(CC)C(=O)CN. The molecule has 0 heterocycles. The van der Waals surface area contributed by atoms with Gasteiger partial charge in [0.25, 0.3) is 0 Å². The van der Waals surface area contributed by atoms with Crippen LogP contribution in [0.2, 0.25) is 0 Å². The van der Waals surface area contributed by atoms with E-state index in [-0.39, 0.29) is 12.5 Å². The van der Waals surface area contributed by atoms with Crippen LogP contribution in [-0.4, -0.2) is 30.4 Å². The molecule has 0 radical (unpaired) electrons. The minimum Gasteiger partial charge on any atom is -0.342 e. The second-order valence-electron chi connectivity index (χ2n) is 3.24. The lowest BCUT2D eigenvalue weighted by Gasteiger charge is -2.19. The molecule has 78 valence electrons. The van der Waals surface area contributed by atoms with E-state index < -0.39 is 0 Å². The fourth-order valence-electron chi connectivity index (χ4n) is 1.32. The molecule has 0 aliphatic heterocycles. The first-order valence-corrected chi connectivity index (χ1v) is 5.24. The molecule has 0 spiro atoms. The highest BCUT2D eigenvalue weighted by Gasteiger charge is 2.07. The van der Waals surface area contributed by atoms with Gasteiger partial charge in [-0.25, -0.2) is 0 Å². The molecule has 0 aromatic carbocycles. The Bertz CT molecular complexity index is 137. The van der Waals surface area contributed by atoms with Crippen molar-refractivity contribution >= 4 is 5.91 Å². The van der Waals surface area contributed by atoms with Crippen LogP contribution in [0.4, 0.5) is 0 Å². The second kappa shape index (κ2) is 8.05. The van der Waals surface area contributed by atoms with E-state index in [1.807, 2.05) is 11.8 Å². The second-order valence-corrected chi connectivity index (χ2v) is 3.24. The Morgan fingerprint density at radius 2 is 1.92 bits per heavy atom. The minimum atomic E-state index is 0.0685. The molecular formula is C10H22N2O. The molecule has 0 bridgehead atoms. The first-order valence-electron chi connectivity index (χ1n) is 5.24. The Morgan fingerprint density at radius 1 is 1.23 bits per heavy atom. The van der Waals surface area contributed by atoms with E-state index >= 15 is 0 Å². The first kappa shape index (κ1) is 12.4. The van der Waals surface area contributed by atoms with E-state index in [1.165, 1.54) is 19.3 Å². The Balaban J connectivity index is 3.53. The fraction of sp³-hybridized carbons (Fsp3) is 0.900. The number of nitrogens with zero attached hydrogens (tertiary/aromatic N) is 1. The first-order chi connectivity index (χ1) is 6.26. The summed E-state index contributed by atoms with van der Waals surface area (Å²) >= 11 is 0. The van der Waals surface area contributed by atoms with Crippen LogP contribution in [0.15, 0.2) is 0 Å². The van der Waals surface area contributed by atoms with Gasteiger partial charge in [-0.2, -0.15) is 0 Å². The van der Waals surface area contributed by atoms with Crippen molar-refractivity contribution < 1.29 is 4.79 Å². The number of amides is 1. The number of nitrogens with two attached hydrogens (primary N) is 1. The van der Waals surface area contributed by atoms with Crippen molar-refractivity contribution in [2.75, 3.05) is 19.6 Å². The van der Waals surface area contributed by atoms with Crippen LogP contribution in [0.1, 0.15) is 39.5 Å². The zero-order chi connectivity index (χ0) is 10.1. The van der Waals surface area contributed by atoms with Gasteiger partial charge in [0.1, 0.15) is 0 Å². The molecule has 0 rings (SSSR count). The van der Waals surface area contributed by atoms with Gasteiger partial charge in [-0.1, -0.05) is 26.2 Å². The highest BCUT2D eigenvalue weighted by Crippen LogP contribution is 2.01. The Kier molecular flexibility index (Phi) is 7.69. The molecule has 0 saturated heterocycles. The molecule has 0 fully saturated rings. The molecule has 2 N–H and O–H groups in total. The smallest absolute Gasteiger partial charge is 0.236 e. The van der Waals surface area contributed by atoms with Crippen molar-refractivity contribution in [2.24, 2.45) is 5.73 Å². The molecule has 1 amide bonds. The maximum atomic E-state index is 11.2. The summed E-state index contributed by atoms with van der Waals surface area (Å²) in [6.07, 6.45) is 4.81. The van der Waals surface area contributed by atoms with Gasteiger partial charge in [-0.3, -0.25) is 4.79 Å². The molecule has 0 aliphatic carbocycles. The number of rotatable bonds is 7. The third-order valence-corrected chi connectivity index (χ3v) is 2.19. The normalized spacial score (nSPS) is 10.1. The van der Waals surface area contributed by atoms with Crippen LogP contribution >= 0.6 is 0 Å². The molecule has 0 aromatic rings. The van der Waals surface area contributed by atoms with E-state index in [0.29, 0.717) is 0 Å². The minimum absolute atomic E-state index is 0.0685. The van der Waals surface area contributed by atoms with Gasteiger partial charge < -0.3 is 10.6 Å². The lowest BCUT2D eigenvalue weighted by Crippen LogP contribution is -2.36. The van der Waals surface area contributed by atoms with Crippen molar-refractivity contribution in [2.45, 2.75) is 39.5 Å². The summed E-state index contributed by atoms with van der Waals surface area (Å²) in [5.74, 6) is 0.0685. The number of hydrogen-bond acceptors (Lipinski definition) is 2. The molecule has 3 nitrogen and oxygen atoms in total. The van der Waals surface area contributed by atoms with Gasteiger partial charge in [0.05, 0.1) is 6.54 Å². The maximum absolute atomic E-state index is 11.2. The van der Waals surface area contributed by atoms with Crippen molar-refractivity contribution in [3.8, 4) is 0 Å². The van der Waals surface area contributed by atoms with Crippen molar-refractivity contribution in [3.63, 3.8) is 0 Å². The van der Waals surface area contributed by atoms with Gasteiger partial charge >= 0.3 is 0 Å². The summed E-state index contributed by atoms with van der Waals surface area (Å²) in [4.78, 5) is 13.0. The Hall–Kier alpha value is -0.570. The van der Waals surface area contributed by atoms with Crippen LogP contribution in [0, 0.1) is 0 Å². The van der Waals surface area contributed by atoms with E-state index in [1.54, 1.807) is 0 Å². The van der Waals surface area contributed by atoms with E-state index in [2.05, 4.69) is 6.92 Å². The van der Waals surface area contributed by atoms with Crippen LogP contribution in [-0.2, 0) is 4.79 Å².